The maximum absolute atomic E-state index is 9.56. The highest BCUT2D eigenvalue weighted by atomic mass is 79.9. The topological polar surface area (TPSA) is 70.1 Å². The van der Waals surface area contributed by atoms with Crippen LogP contribution < -0.4 is 10.6 Å². The van der Waals surface area contributed by atoms with Crippen molar-refractivity contribution in [3.05, 3.63) is 46.1 Å². The first-order chi connectivity index (χ1) is 12.1. The van der Waals surface area contributed by atoms with Gasteiger partial charge in [-0.2, -0.15) is 4.98 Å². The van der Waals surface area contributed by atoms with Crippen LogP contribution in [0, 0.1) is 5.92 Å². The molecule has 25 heavy (non-hydrogen) atoms. The summed E-state index contributed by atoms with van der Waals surface area (Å²) in [5.41, 5.74) is 2.26. The fraction of sp³-hybridized carbons (Fsp3) is 0.474. The Hall–Kier alpha value is -1.66. The molecule has 0 bridgehead atoms. The van der Waals surface area contributed by atoms with Gasteiger partial charge in [-0.15, -0.1) is 0 Å². The third-order valence-corrected chi connectivity index (χ3v) is 5.25. The van der Waals surface area contributed by atoms with Crippen molar-refractivity contribution >= 4 is 27.7 Å². The average molecular weight is 405 g/mol. The molecule has 1 atom stereocenters. The Bertz CT molecular complexity index is 718. The molecular weight excluding hydrogens is 380 g/mol. The van der Waals surface area contributed by atoms with E-state index in [9.17, 15) is 5.11 Å². The van der Waals surface area contributed by atoms with Gasteiger partial charge >= 0.3 is 0 Å². The molecule has 2 aromatic rings. The van der Waals surface area contributed by atoms with Crippen molar-refractivity contribution in [2.24, 2.45) is 5.92 Å². The van der Waals surface area contributed by atoms with Crippen LogP contribution >= 0.6 is 15.9 Å². The molecule has 0 radical (unpaired) electrons. The lowest BCUT2D eigenvalue weighted by Gasteiger charge is -2.20. The van der Waals surface area contributed by atoms with Crippen molar-refractivity contribution in [1.82, 2.24) is 9.97 Å². The molecule has 0 unspecified atom stereocenters. The fourth-order valence-corrected chi connectivity index (χ4v) is 3.05. The lowest BCUT2D eigenvalue weighted by molar-refractivity contribution is 0.248. The van der Waals surface area contributed by atoms with Gasteiger partial charge in [0.25, 0.3) is 0 Å². The van der Waals surface area contributed by atoms with Crippen molar-refractivity contribution < 1.29 is 5.11 Å². The van der Waals surface area contributed by atoms with E-state index in [4.69, 9.17) is 0 Å². The van der Waals surface area contributed by atoms with E-state index in [2.05, 4.69) is 56.4 Å². The van der Waals surface area contributed by atoms with Crippen molar-refractivity contribution in [3.63, 3.8) is 0 Å². The van der Waals surface area contributed by atoms with Crippen LogP contribution in [0.1, 0.15) is 43.9 Å². The Labute approximate surface area is 157 Å². The maximum Gasteiger partial charge on any atom is 0.225 e. The summed E-state index contributed by atoms with van der Waals surface area (Å²) >= 11 is 3.58. The maximum atomic E-state index is 9.56. The number of hydrogen-bond donors (Lipinski definition) is 3. The van der Waals surface area contributed by atoms with E-state index in [1.807, 2.05) is 24.3 Å². The molecule has 1 aromatic heterocycles. The summed E-state index contributed by atoms with van der Waals surface area (Å²) in [7, 11) is 0. The zero-order chi connectivity index (χ0) is 17.8. The molecule has 134 valence electrons. The van der Waals surface area contributed by atoms with E-state index in [0.717, 1.165) is 16.0 Å². The van der Waals surface area contributed by atoms with E-state index in [1.165, 1.54) is 18.4 Å². The molecular formula is C19H25BrN4O. The van der Waals surface area contributed by atoms with Crippen molar-refractivity contribution in [1.29, 1.82) is 0 Å². The molecule has 0 spiro atoms. The summed E-state index contributed by atoms with van der Waals surface area (Å²) in [5.74, 6) is 2.25. The first-order valence-corrected chi connectivity index (χ1v) is 9.59. The second kappa shape index (κ2) is 8.15. The van der Waals surface area contributed by atoms with Gasteiger partial charge in [0.05, 0.1) is 18.3 Å². The van der Waals surface area contributed by atoms with E-state index in [1.54, 1.807) is 0 Å². The molecule has 6 heteroatoms. The molecule has 1 aliphatic rings. The molecule has 3 N–H and O–H groups in total. The molecule has 0 saturated heterocycles. The zero-order valence-corrected chi connectivity index (χ0v) is 16.3. The largest absolute Gasteiger partial charge is 0.394 e. The zero-order valence-electron chi connectivity index (χ0n) is 14.7. The van der Waals surface area contributed by atoms with E-state index >= 15 is 0 Å². The van der Waals surface area contributed by atoms with Gasteiger partial charge < -0.3 is 15.7 Å². The second-order valence-electron chi connectivity index (χ2n) is 6.90. The van der Waals surface area contributed by atoms with E-state index in [-0.39, 0.29) is 12.6 Å². The summed E-state index contributed by atoms with van der Waals surface area (Å²) in [6.07, 6.45) is 2.38. The number of hydrogen-bond acceptors (Lipinski definition) is 5. The number of nitrogens with zero attached hydrogens (tertiary/aromatic N) is 2. The van der Waals surface area contributed by atoms with Gasteiger partial charge in [0.2, 0.25) is 5.95 Å². The highest BCUT2D eigenvalue weighted by molar-refractivity contribution is 9.10. The number of halogens is 1. The van der Waals surface area contributed by atoms with Gasteiger partial charge in [-0.05, 0) is 30.4 Å². The number of nitrogens with one attached hydrogen (secondary N) is 2. The van der Waals surface area contributed by atoms with Crippen molar-refractivity contribution in [2.75, 3.05) is 17.2 Å². The Morgan fingerprint density at radius 1 is 1.24 bits per heavy atom. The number of rotatable bonds is 8. The van der Waals surface area contributed by atoms with Gasteiger partial charge in [-0.25, -0.2) is 4.98 Å². The predicted octanol–water partition coefficient (Wildman–Crippen LogP) is 4.16. The van der Waals surface area contributed by atoms with Crippen molar-refractivity contribution in [3.8, 4) is 0 Å². The third kappa shape index (κ3) is 4.92. The molecule has 1 fully saturated rings. The molecule has 1 aromatic carbocycles. The van der Waals surface area contributed by atoms with Gasteiger partial charge in [-0.1, -0.05) is 48.0 Å². The summed E-state index contributed by atoms with van der Waals surface area (Å²) < 4.78 is 1.08. The Morgan fingerprint density at radius 3 is 2.64 bits per heavy atom. The molecule has 1 aliphatic carbocycles. The molecule has 1 saturated carbocycles. The van der Waals surface area contributed by atoms with Crippen LogP contribution in [-0.4, -0.2) is 27.7 Å². The van der Waals surface area contributed by atoms with Crippen molar-refractivity contribution in [2.45, 2.75) is 45.2 Å². The Kier molecular flexibility index (Phi) is 5.91. The van der Waals surface area contributed by atoms with Gasteiger partial charge in [0.1, 0.15) is 5.82 Å². The van der Waals surface area contributed by atoms with Crippen LogP contribution in [0.15, 0.2) is 34.8 Å². The highest BCUT2D eigenvalue weighted by Gasteiger charge is 2.26. The quantitative estimate of drug-likeness (QED) is 0.616. The smallest absolute Gasteiger partial charge is 0.225 e. The van der Waals surface area contributed by atoms with Gasteiger partial charge in [0.15, 0.2) is 0 Å². The monoisotopic (exact) mass is 404 g/mol. The minimum absolute atomic E-state index is 0.0504. The lowest BCUT2D eigenvalue weighted by atomic mass is 10.1. The highest BCUT2D eigenvalue weighted by Crippen LogP contribution is 2.40. The minimum Gasteiger partial charge on any atom is -0.394 e. The SMILES string of the molecule is CC(C)[C@@H](CO)Nc1nc(NCc2ccccc2Br)cc(C2CC2)n1. The molecule has 5 nitrogen and oxygen atoms in total. The standard InChI is InChI=1S/C19H25BrN4O/c1-12(2)17(11-25)23-19-22-16(13-7-8-13)9-18(24-19)21-10-14-5-3-4-6-15(14)20/h3-6,9,12-13,17,25H,7-8,10-11H2,1-2H3,(H2,21,22,23,24)/t17-/m1/s1. The molecule has 0 amide bonds. The van der Waals surface area contributed by atoms with Crippen LogP contribution in [-0.2, 0) is 6.54 Å². The predicted molar refractivity (Wildman–Crippen MR) is 105 cm³/mol. The normalized spacial score (nSPS) is 15.2. The summed E-state index contributed by atoms with van der Waals surface area (Å²) in [6.45, 7) is 4.90. The molecule has 0 aliphatic heterocycles. The van der Waals surface area contributed by atoms with Crippen LogP contribution in [0.25, 0.3) is 0 Å². The Balaban J connectivity index is 1.77. The molecule has 1 heterocycles. The third-order valence-electron chi connectivity index (χ3n) is 4.48. The van der Waals surface area contributed by atoms with Crippen LogP contribution in [0.5, 0.6) is 0 Å². The summed E-state index contributed by atoms with van der Waals surface area (Å²) in [4.78, 5) is 9.25. The van der Waals surface area contributed by atoms with Crippen LogP contribution in [0.2, 0.25) is 0 Å². The van der Waals surface area contributed by atoms with Crippen LogP contribution in [0.3, 0.4) is 0 Å². The number of aliphatic hydroxyl groups excluding tert-OH is 1. The number of anilines is 2. The van der Waals surface area contributed by atoms with E-state index in [0.29, 0.717) is 24.3 Å². The minimum atomic E-state index is -0.0504. The van der Waals surface area contributed by atoms with Gasteiger partial charge in [0, 0.05) is 23.0 Å². The first kappa shape index (κ1) is 18.1. The average Bonchev–Trinajstić information content (AvgIpc) is 3.43. The van der Waals surface area contributed by atoms with Gasteiger partial charge in [-0.3, -0.25) is 0 Å². The number of aromatic nitrogens is 2. The van der Waals surface area contributed by atoms with Crippen LogP contribution in [0.4, 0.5) is 11.8 Å². The number of benzene rings is 1. The summed E-state index contributed by atoms with van der Waals surface area (Å²) in [6, 6.07) is 10.1. The lowest BCUT2D eigenvalue weighted by Crippen LogP contribution is -2.30. The second-order valence-corrected chi connectivity index (χ2v) is 7.75. The fourth-order valence-electron chi connectivity index (χ4n) is 2.63. The Morgan fingerprint density at radius 2 is 2.00 bits per heavy atom. The first-order valence-electron chi connectivity index (χ1n) is 8.80. The van der Waals surface area contributed by atoms with E-state index < -0.39 is 0 Å². The number of aliphatic hydroxyl groups is 1. The summed E-state index contributed by atoms with van der Waals surface area (Å²) in [5, 5.41) is 16.2. The molecule has 3 rings (SSSR count).